The molecule has 0 atom stereocenters. The second kappa shape index (κ2) is 22.8. The molecule has 0 aliphatic heterocycles. The summed E-state index contributed by atoms with van der Waals surface area (Å²) in [6, 6.07) is 4.80. The molecule has 0 aliphatic rings. The molecule has 1 rings (SSSR count). The van der Waals surface area contributed by atoms with Crippen LogP contribution in [-0.4, -0.2) is 11.1 Å². The molecule has 198 valence electrons. The van der Waals surface area contributed by atoms with Gasteiger partial charge in [-0.15, -0.1) is 0 Å². The Hall–Kier alpha value is -2.65. The summed E-state index contributed by atoms with van der Waals surface area (Å²) in [5.41, 5.74) is 0.619. The molecule has 0 amide bonds. The van der Waals surface area contributed by atoms with E-state index in [0.717, 1.165) is 44.9 Å². The lowest BCUT2D eigenvalue weighted by Gasteiger charge is -2.06. The third kappa shape index (κ3) is 17.7. The molecule has 0 saturated carbocycles. The van der Waals surface area contributed by atoms with Crippen molar-refractivity contribution in [2.75, 3.05) is 0 Å². The van der Waals surface area contributed by atoms with Crippen LogP contribution >= 0.6 is 0 Å². The van der Waals surface area contributed by atoms with Gasteiger partial charge in [-0.2, -0.15) is 0 Å². The van der Waals surface area contributed by atoms with Crippen LogP contribution in [0, 0.1) is 23.7 Å². The van der Waals surface area contributed by atoms with Crippen LogP contribution in [0.2, 0.25) is 0 Å². The van der Waals surface area contributed by atoms with Gasteiger partial charge >= 0.3 is 5.97 Å². The Morgan fingerprint density at radius 3 is 1.81 bits per heavy atom. The van der Waals surface area contributed by atoms with Crippen LogP contribution in [-0.2, 0) is 4.79 Å². The number of carbonyl (C=O) groups excluding carboxylic acids is 1. The molecule has 0 spiro atoms. The highest BCUT2D eigenvalue weighted by molar-refractivity contribution is 5.72. The van der Waals surface area contributed by atoms with Crippen LogP contribution in [0.5, 0.6) is 11.5 Å². The Morgan fingerprint density at radius 1 is 0.806 bits per heavy atom. The van der Waals surface area contributed by atoms with Gasteiger partial charge in [-0.25, -0.2) is 0 Å². The summed E-state index contributed by atoms with van der Waals surface area (Å²) in [5.74, 6) is 12.5. The standard InChI is InChI=1S/C33H48O3/c1-3-5-6-7-8-9-10-11-12-13-14-15-16-17-18-19-20-21-22-23-24-25-26-33(35)36-31-28-27-30(4-2)32(34)29-31/h4,27-29,34H,2-3,5-14,19-26H2,1H3. The maximum absolute atomic E-state index is 11.9. The summed E-state index contributed by atoms with van der Waals surface area (Å²) >= 11 is 0. The lowest BCUT2D eigenvalue weighted by molar-refractivity contribution is -0.134. The van der Waals surface area contributed by atoms with Gasteiger partial charge in [0.1, 0.15) is 11.5 Å². The second-order valence-corrected chi connectivity index (χ2v) is 9.56. The zero-order valence-corrected chi connectivity index (χ0v) is 22.7. The molecule has 1 N–H and O–H groups in total. The van der Waals surface area contributed by atoms with Gasteiger partial charge in [0.2, 0.25) is 0 Å². The van der Waals surface area contributed by atoms with Gasteiger partial charge in [0.25, 0.3) is 0 Å². The van der Waals surface area contributed by atoms with Gasteiger partial charge in [0.15, 0.2) is 0 Å². The largest absolute Gasteiger partial charge is 0.507 e. The molecule has 0 heterocycles. The molecule has 0 radical (unpaired) electrons. The highest BCUT2D eigenvalue weighted by atomic mass is 16.5. The molecule has 1 aromatic rings. The monoisotopic (exact) mass is 492 g/mol. The maximum atomic E-state index is 11.9. The maximum Gasteiger partial charge on any atom is 0.311 e. The summed E-state index contributed by atoms with van der Waals surface area (Å²) in [4.78, 5) is 11.9. The van der Waals surface area contributed by atoms with E-state index >= 15 is 0 Å². The second-order valence-electron chi connectivity index (χ2n) is 9.56. The Balaban J connectivity index is 1.89. The van der Waals surface area contributed by atoms with Crippen molar-refractivity contribution < 1.29 is 14.6 Å². The van der Waals surface area contributed by atoms with Crippen molar-refractivity contribution in [2.24, 2.45) is 0 Å². The van der Waals surface area contributed by atoms with Crippen LogP contribution in [0.4, 0.5) is 0 Å². The third-order valence-electron chi connectivity index (χ3n) is 6.28. The van der Waals surface area contributed by atoms with Gasteiger partial charge in [-0.3, -0.25) is 4.79 Å². The van der Waals surface area contributed by atoms with Crippen molar-refractivity contribution in [1.82, 2.24) is 0 Å². The summed E-state index contributed by atoms with van der Waals surface area (Å²) < 4.78 is 5.28. The van der Waals surface area contributed by atoms with E-state index in [0.29, 0.717) is 17.7 Å². The number of benzene rings is 1. The van der Waals surface area contributed by atoms with Gasteiger partial charge < -0.3 is 9.84 Å². The lowest BCUT2D eigenvalue weighted by Crippen LogP contribution is -2.07. The fourth-order valence-electron chi connectivity index (χ4n) is 4.05. The molecule has 3 heteroatoms. The predicted octanol–water partition coefficient (Wildman–Crippen LogP) is 9.38. The Bertz CT molecular complexity index is 847. The number of phenols is 1. The number of hydrogen-bond acceptors (Lipinski definition) is 3. The van der Waals surface area contributed by atoms with E-state index in [-0.39, 0.29) is 11.7 Å². The van der Waals surface area contributed by atoms with Gasteiger partial charge in [0, 0.05) is 30.9 Å². The Labute approximate surface area is 221 Å². The van der Waals surface area contributed by atoms with E-state index in [1.54, 1.807) is 18.2 Å². The van der Waals surface area contributed by atoms with Crippen LogP contribution in [0.3, 0.4) is 0 Å². The third-order valence-corrected chi connectivity index (χ3v) is 6.28. The fraction of sp³-hybridized carbons (Fsp3) is 0.606. The van der Waals surface area contributed by atoms with E-state index in [1.807, 2.05) is 0 Å². The van der Waals surface area contributed by atoms with Gasteiger partial charge in [-0.05, 0) is 43.2 Å². The fourth-order valence-corrected chi connectivity index (χ4v) is 4.05. The topological polar surface area (TPSA) is 46.5 Å². The van der Waals surface area contributed by atoms with Crippen LogP contribution in [0.15, 0.2) is 24.8 Å². The number of aromatic hydroxyl groups is 1. The molecule has 0 bridgehead atoms. The predicted molar refractivity (Wildman–Crippen MR) is 153 cm³/mol. The molecular weight excluding hydrogens is 444 g/mol. The average Bonchev–Trinajstić information content (AvgIpc) is 2.87. The Morgan fingerprint density at radius 2 is 1.31 bits per heavy atom. The molecule has 0 saturated heterocycles. The smallest absolute Gasteiger partial charge is 0.311 e. The average molecular weight is 493 g/mol. The summed E-state index contributed by atoms with van der Waals surface area (Å²) in [6.45, 7) is 5.89. The van der Waals surface area contributed by atoms with Crippen molar-refractivity contribution in [3.63, 3.8) is 0 Å². The number of hydrogen-bond donors (Lipinski definition) is 1. The molecule has 0 unspecified atom stereocenters. The normalized spacial score (nSPS) is 10.1. The number of rotatable bonds is 20. The number of phenolic OH excluding ortho intramolecular Hbond substituents is 1. The first-order valence-electron chi connectivity index (χ1n) is 14.3. The summed E-state index contributed by atoms with van der Waals surface area (Å²) in [7, 11) is 0. The molecule has 0 fully saturated rings. The molecule has 1 aromatic carbocycles. The van der Waals surface area contributed by atoms with E-state index in [2.05, 4.69) is 37.2 Å². The highest BCUT2D eigenvalue weighted by Gasteiger charge is 2.07. The molecule has 0 aliphatic carbocycles. The number of carbonyl (C=O) groups is 1. The van der Waals surface area contributed by atoms with Crippen molar-refractivity contribution in [3.8, 4) is 35.2 Å². The first-order chi connectivity index (χ1) is 17.7. The number of ether oxygens (including phenoxy) is 1. The molecule has 3 nitrogen and oxygen atoms in total. The first-order valence-corrected chi connectivity index (χ1v) is 14.3. The van der Waals surface area contributed by atoms with Crippen molar-refractivity contribution in [2.45, 2.75) is 129 Å². The molecule has 36 heavy (non-hydrogen) atoms. The molecule has 0 aromatic heterocycles. The SMILES string of the molecule is C=Cc1ccc(OC(=O)CCCCCCCCC#CC#CCCCCCCCCCCCC)cc1O. The van der Waals surface area contributed by atoms with Crippen LogP contribution in [0.1, 0.15) is 134 Å². The number of esters is 1. The quantitative estimate of drug-likeness (QED) is 0.0853. The van der Waals surface area contributed by atoms with Gasteiger partial charge in [0.05, 0.1) is 0 Å². The van der Waals surface area contributed by atoms with Crippen molar-refractivity contribution in [3.05, 3.63) is 30.3 Å². The van der Waals surface area contributed by atoms with E-state index in [9.17, 15) is 9.90 Å². The van der Waals surface area contributed by atoms with E-state index in [1.165, 1.54) is 76.7 Å². The Kier molecular flexibility index (Phi) is 19.9. The number of unbranched alkanes of at least 4 members (excludes halogenated alkanes) is 16. The lowest BCUT2D eigenvalue weighted by atomic mass is 10.1. The highest BCUT2D eigenvalue weighted by Crippen LogP contribution is 2.24. The first kappa shape index (κ1) is 31.4. The van der Waals surface area contributed by atoms with Crippen LogP contribution in [0.25, 0.3) is 6.08 Å². The van der Waals surface area contributed by atoms with Crippen molar-refractivity contribution in [1.29, 1.82) is 0 Å². The van der Waals surface area contributed by atoms with E-state index in [4.69, 9.17) is 4.74 Å². The molecular formula is C33H48O3. The van der Waals surface area contributed by atoms with Crippen LogP contribution < -0.4 is 4.74 Å². The zero-order chi connectivity index (χ0) is 26.1. The minimum Gasteiger partial charge on any atom is -0.507 e. The van der Waals surface area contributed by atoms with Gasteiger partial charge in [-0.1, -0.05) is 115 Å². The summed E-state index contributed by atoms with van der Waals surface area (Å²) in [5, 5.41) is 9.79. The minimum atomic E-state index is -0.259. The van der Waals surface area contributed by atoms with Crippen molar-refractivity contribution >= 4 is 12.0 Å². The van der Waals surface area contributed by atoms with E-state index < -0.39 is 0 Å². The zero-order valence-electron chi connectivity index (χ0n) is 22.7. The summed E-state index contributed by atoms with van der Waals surface area (Å²) in [6.07, 6.45) is 23.8. The minimum absolute atomic E-state index is 0.0661.